The molecule has 0 amide bonds. The van der Waals surface area contributed by atoms with E-state index in [9.17, 15) is 0 Å². The summed E-state index contributed by atoms with van der Waals surface area (Å²) < 4.78 is 5.62. The highest BCUT2D eigenvalue weighted by atomic mass is 35.5. The van der Waals surface area contributed by atoms with Crippen LogP contribution in [0.3, 0.4) is 0 Å². The van der Waals surface area contributed by atoms with Crippen molar-refractivity contribution < 1.29 is 4.74 Å². The number of hydrogen-bond donors (Lipinski definition) is 0. The maximum Gasteiger partial charge on any atom is 0.121 e. The van der Waals surface area contributed by atoms with Gasteiger partial charge in [-0.25, -0.2) is 0 Å². The fraction of sp³-hybridized carbons (Fsp3) is 0.364. The van der Waals surface area contributed by atoms with Gasteiger partial charge in [-0.05, 0) is 32.0 Å². The molecule has 1 aromatic rings. The Labute approximate surface area is 89.1 Å². The molecule has 0 saturated heterocycles. The van der Waals surface area contributed by atoms with Crippen LogP contribution in [0, 0.1) is 11.3 Å². The number of ether oxygens (including phenoxy) is 1. The van der Waals surface area contributed by atoms with Crippen LogP contribution in [-0.2, 0) is 0 Å². The SMILES string of the molecule is CC(C)(CC#N)Oc1cccc(Cl)c1. The van der Waals surface area contributed by atoms with E-state index in [1.165, 1.54) is 0 Å². The van der Waals surface area contributed by atoms with Gasteiger partial charge in [0.2, 0.25) is 0 Å². The van der Waals surface area contributed by atoms with Gasteiger partial charge in [-0.15, -0.1) is 0 Å². The second kappa shape index (κ2) is 4.34. The second-order valence-corrected chi connectivity index (χ2v) is 4.09. The van der Waals surface area contributed by atoms with E-state index >= 15 is 0 Å². The Morgan fingerprint density at radius 1 is 1.50 bits per heavy atom. The molecule has 2 nitrogen and oxygen atoms in total. The Hall–Kier alpha value is -1.20. The van der Waals surface area contributed by atoms with Crippen molar-refractivity contribution in [3.05, 3.63) is 29.3 Å². The zero-order valence-electron chi connectivity index (χ0n) is 8.25. The van der Waals surface area contributed by atoms with Crippen LogP contribution in [-0.4, -0.2) is 5.60 Å². The molecule has 14 heavy (non-hydrogen) atoms. The molecule has 0 aromatic heterocycles. The Morgan fingerprint density at radius 3 is 2.79 bits per heavy atom. The fourth-order valence-electron chi connectivity index (χ4n) is 1.08. The molecule has 0 heterocycles. The van der Waals surface area contributed by atoms with Gasteiger partial charge in [-0.1, -0.05) is 17.7 Å². The standard InChI is InChI=1S/C11H12ClNO/c1-11(2,6-7-13)14-10-5-3-4-9(12)8-10/h3-5,8H,6H2,1-2H3. The lowest BCUT2D eigenvalue weighted by atomic mass is 10.1. The van der Waals surface area contributed by atoms with E-state index in [1.54, 1.807) is 12.1 Å². The van der Waals surface area contributed by atoms with E-state index in [1.807, 2.05) is 26.0 Å². The van der Waals surface area contributed by atoms with Gasteiger partial charge in [-0.3, -0.25) is 0 Å². The highest BCUT2D eigenvalue weighted by Gasteiger charge is 2.19. The van der Waals surface area contributed by atoms with Crippen molar-refractivity contribution in [1.29, 1.82) is 5.26 Å². The summed E-state index contributed by atoms with van der Waals surface area (Å²) in [5.74, 6) is 0.692. The van der Waals surface area contributed by atoms with Crippen molar-refractivity contribution in [2.45, 2.75) is 25.9 Å². The molecular formula is C11H12ClNO. The molecule has 0 saturated carbocycles. The first kappa shape index (κ1) is 10.9. The normalized spacial score (nSPS) is 10.7. The molecule has 3 heteroatoms. The van der Waals surface area contributed by atoms with E-state index < -0.39 is 5.60 Å². The predicted octanol–water partition coefficient (Wildman–Crippen LogP) is 3.41. The molecule has 0 atom stereocenters. The van der Waals surface area contributed by atoms with Crippen molar-refractivity contribution >= 4 is 11.6 Å². The minimum atomic E-state index is -0.473. The Balaban J connectivity index is 2.74. The number of nitrogens with zero attached hydrogens (tertiary/aromatic N) is 1. The average molecular weight is 210 g/mol. The van der Waals surface area contributed by atoms with E-state index in [0.717, 1.165) is 0 Å². The van der Waals surface area contributed by atoms with Crippen LogP contribution in [0.4, 0.5) is 0 Å². The van der Waals surface area contributed by atoms with Crippen LogP contribution < -0.4 is 4.74 Å². The van der Waals surface area contributed by atoms with Crippen molar-refractivity contribution in [1.82, 2.24) is 0 Å². The van der Waals surface area contributed by atoms with Gasteiger partial charge < -0.3 is 4.74 Å². The van der Waals surface area contributed by atoms with Crippen LogP contribution >= 0.6 is 11.6 Å². The first-order valence-electron chi connectivity index (χ1n) is 4.35. The van der Waals surface area contributed by atoms with Crippen LogP contribution in [0.5, 0.6) is 5.75 Å². The van der Waals surface area contributed by atoms with Gasteiger partial charge >= 0.3 is 0 Å². The minimum absolute atomic E-state index is 0.347. The highest BCUT2D eigenvalue weighted by Crippen LogP contribution is 2.23. The second-order valence-electron chi connectivity index (χ2n) is 3.65. The summed E-state index contributed by atoms with van der Waals surface area (Å²) in [7, 11) is 0. The van der Waals surface area contributed by atoms with Crippen LogP contribution in [0.25, 0.3) is 0 Å². The Bertz CT molecular complexity index is 355. The number of nitriles is 1. The molecule has 74 valence electrons. The predicted molar refractivity (Wildman–Crippen MR) is 56.4 cm³/mol. The summed E-state index contributed by atoms with van der Waals surface area (Å²) in [4.78, 5) is 0. The van der Waals surface area contributed by atoms with Gasteiger partial charge in [0.05, 0.1) is 12.5 Å². The zero-order valence-corrected chi connectivity index (χ0v) is 9.01. The molecule has 1 rings (SSSR count). The van der Waals surface area contributed by atoms with Gasteiger partial charge in [0.1, 0.15) is 11.4 Å². The van der Waals surface area contributed by atoms with Gasteiger partial charge in [0.15, 0.2) is 0 Å². The molecular weight excluding hydrogens is 198 g/mol. The van der Waals surface area contributed by atoms with Crippen molar-refractivity contribution in [2.75, 3.05) is 0 Å². The van der Waals surface area contributed by atoms with E-state index in [2.05, 4.69) is 6.07 Å². The molecule has 0 aliphatic carbocycles. The fourth-order valence-corrected chi connectivity index (χ4v) is 1.26. The summed E-state index contributed by atoms with van der Waals surface area (Å²) in [5, 5.41) is 9.21. The largest absolute Gasteiger partial charge is 0.487 e. The van der Waals surface area contributed by atoms with Crippen molar-refractivity contribution in [3.8, 4) is 11.8 Å². The highest BCUT2D eigenvalue weighted by molar-refractivity contribution is 6.30. The first-order chi connectivity index (χ1) is 6.53. The maximum atomic E-state index is 8.58. The lowest BCUT2D eigenvalue weighted by Gasteiger charge is -2.23. The summed E-state index contributed by atoms with van der Waals surface area (Å²) in [6.07, 6.45) is 0.347. The van der Waals surface area contributed by atoms with Gasteiger partial charge in [-0.2, -0.15) is 5.26 Å². The summed E-state index contributed by atoms with van der Waals surface area (Å²) in [5.41, 5.74) is -0.473. The Kier molecular flexibility index (Phi) is 3.38. The number of halogens is 1. The van der Waals surface area contributed by atoms with E-state index in [0.29, 0.717) is 17.2 Å². The molecule has 0 radical (unpaired) electrons. The molecule has 0 aliphatic rings. The van der Waals surface area contributed by atoms with Crippen molar-refractivity contribution in [2.24, 2.45) is 0 Å². The summed E-state index contributed by atoms with van der Waals surface area (Å²) >= 11 is 5.81. The third-order valence-electron chi connectivity index (χ3n) is 1.70. The zero-order chi connectivity index (χ0) is 10.6. The Morgan fingerprint density at radius 2 is 2.21 bits per heavy atom. The van der Waals surface area contributed by atoms with Crippen LogP contribution in [0.15, 0.2) is 24.3 Å². The third-order valence-corrected chi connectivity index (χ3v) is 1.93. The summed E-state index contributed by atoms with van der Waals surface area (Å²) in [6.45, 7) is 3.74. The smallest absolute Gasteiger partial charge is 0.121 e. The number of benzene rings is 1. The number of hydrogen-bond acceptors (Lipinski definition) is 2. The maximum absolute atomic E-state index is 8.58. The topological polar surface area (TPSA) is 33.0 Å². The van der Waals surface area contributed by atoms with Crippen LogP contribution in [0.2, 0.25) is 5.02 Å². The van der Waals surface area contributed by atoms with Crippen molar-refractivity contribution in [3.63, 3.8) is 0 Å². The van der Waals surface area contributed by atoms with E-state index in [-0.39, 0.29) is 0 Å². The molecule has 0 fully saturated rings. The average Bonchev–Trinajstić information content (AvgIpc) is 2.02. The van der Waals surface area contributed by atoms with Crippen LogP contribution in [0.1, 0.15) is 20.3 Å². The summed E-state index contributed by atoms with van der Waals surface area (Å²) in [6, 6.07) is 9.25. The quantitative estimate of drug-likeness (QED) is 0.764. The lowest BCUT2D eigenvalue weighted by molar-refractivity contribution is 0.115. The van der Waals surface area contributed by atoms with E-state index in [4.69, 9.17) is 21.6 Å². The first-order valence-corrected chi connectivity index (χ1v) is 4.73. The van der Waals surface area contributed by atoms with Gasteiger partial charge in [0.25, 0.3) is 0 Å². The lowest BCUT2D eigenvalue weighted by Crippen LogP contribution is -2.27. The van der Waals surface area contributed by atoms with Gasteiger partial charge in [0, 0.05) is 5.02 Å². The monoisotopic (exact) mass is 209 g/mol. The third kappa shape index (κ3) is 3.27. The molecule has 1 aromatic carbocycles. The number of rotatable bonds is 3. The molecule has 0 N–H and O–H groups in total. The minimum Gasteiger partial charge on any atom is -0.487 e. The molecule has 0 spiro atoms. The molecule has 0 bridgehead atoms. The molecule has 0 unspecified atom stereocenters. The molecule has 0 aliphatic heterocycles.